The van der Waals surface area contributed by atoms with Crippen LogP contribution < -0.4 is 10.1 Å². The highest BCUT2D eigenvalue weighted by Crippen LogP contribution is 2.26. The molecule has 6 heteroatoms. The Morgan fingerprint density at radius 2 is 1.92 bits per heavy atom. The summed E-state index contributed by atoms with van der Waals surface area (Å²) in [7, 11) is 0. The van der Waals surface area contributed by atoms with E-state index in [0.717, 1.165) is 16.9 Å². The van der Waals surface area contributed by atoms with Crippen molar-refractivity contribution in [3.05, 3.63) is 79.5 Å². The number of carbonyl (C=O) groups is 1. The van der Waals surface area contributed by atoms with Crippen molar-refractivity contribution in [2.24, 2.45) is 0 Å². The molecule has 0 fully saturated rings. The van der Waals surface area contributed by atoms with Crippen molar-refractivity contribution in [3.63, 3.8) is 0 Å². The molecule has 0 saturated heterocycles. The first-order valence-corrected chi connectivity index (χ1v) is 9.60. The third kappa shape index (κ3) is 4.39. The van der Waals surface area contributed by atoms with Crippen LogP contribution in [0.1, 0.15) is 26.4 Å². The number of rotatable bonds is 5. The fourth-order valence-electron chi connectivity index (χ4n) is 2.38. The number of hydrogen-bond acceptors (Lipinski definition) is 3. The van der Waals surface area contributed by atoms with Gasteiger partial charge in [-0.3, -0.25) is 4.79 Å². The summed E-state index contributed by atoms with van der Waals surface area (Å²) in [5.41, 5.74) is 3.87. The number of ether oxygens (including phenoxy) is 1. The number of amides is 1. The van der Waals surface area contributed by atoms with Gasteiger partial charge in [-0.25, -0.2) is 0 Å². The highest BCUT2D eigenvalue weighted by Gasteiger charge is 2.11. The Morgan fingerprint density at radius 1 is 1.12 bits per heavy atom. The van der Waals surface area contributed by atoms with Crippen LogP contribution in [-0.2, 0) is 6.61 Å². The van der Waals surface area contributed by atoms with E-state index in [4.69, 9.17) is 27.9 Å². The Morgan fingerprint density at radius 3 is 2.69 bits per heavy atom. The Kier molecular flexibility index (Phi) is 5.87. The van der Waals surface area contributed by atoms with Gasteiger partial charge in [0, 0.05) is 11.3 Å². The van der Waals surface area contributed by atoms with Gasteiger partial charge in [-0.05, 0) is 60.7 Å². The summed E-state index contributed by atoms with van der Waals surface area (Å²) in [5.74, 6) is 0.671. The summed E-state index contributed by atoms with van der Waals surface area (Å²) in [4.78, 5) is 13.0. The van der Waals surface area contributed by atoms with Crippen LogP contribution in [0.25, 0.3) is 0 Å². The minimum Gasteiger partial charge on any atom is -0.489 e. The minimum absolute atomic E-state index is 0.189. The molecule has 26 heavy (non-hydrogen) atoms. The van der Waals surface area contributed by atoms with Crippen molar-refractivity contribution >= 4 is 46.1 Å². The highest BCUT2D eigenvalue weighted by atomic mass is 35.5. The van der Waals surface area contributed by atoms with Crippen LogP contribution >= 0.6 is 34.5 Å². The predicted octanol–water partition coefficient (Wildman–Crippen LogP) is 6.50. The number of thiophene rings is 1. The van der Waals surface area contributed by atoms with Crippen LogP contribution in [0.5, 0.6) is 5.75 Å². The summed E-state index contributed by atoms with van der Waals surface area (Å²) in [5, 5.41) is 5.59. The molecule has 0 aliphatic rings. The second kappa shape index (κ2) is 8.12. The van der Waals surface area contributed by atoms with Gasteiger partial charge in [-0.15, -0.1) is 11.3 Å². The molecule has 1 amide bonds. The molecule has 0 radical (unpaired) electrons. The van der Waals surface area contributed by atoms with E-state index >= 15 is 0 Å². The fourth-order valence-corrected chi connectivity index (χ4v) is 3.47. The summed E-state index contributed by atoms with van der Waals surface area (Å²) in [6.07, 6.45) is 0. The quantitative estimate of drug-likeness (QED) is 0.525. The van der Waals surface area contributed by atoms with Crippen LogP contribution in [0.2, 0.25) is 10.0 Å². The third-order valence-corrected chi connectivity index (χ3v) is 5.72. The Hall–Kier alpha value is -2.01. The van der Waals surface area contributed by atoms with Crippen LogP contribution in [0, 0.1) is 13.8 Å². The SMILES string of the molecule is Cc1cccc(OCc2csc(C(=O)Nc3ccc(Cl)c(Cl)c3)c2)c1C. The van der Waals surface area contributed by atoms with E-state index in [2.05, 4.69) is 18.3 Å². The first-order chi connectivity index (χ1) is 12.4. The van der Waals surface area contributed by atoms with Crippen molar-refractivity contribution in [1.82, 2.24) is 0 Å². The van der Waals surface area contributed by atoms with Gasteiger partial charge in [0.2, 0.25) is 0 Å². The van der Waals surface area contributed by atoms with E-state index in [1.807, 2.05) is 30.5 Å². The number of nitrogens with one attached hydrogen (secondary N) is 1. The van der Waals surface area contributed by atoms with Gasteiger partial charge in [-0.1, -0.05) is 35.3 Å². The molecule has 0 atom stereocenters. The molecular weight excluding hydrogens is 389 g/mol. The lowest BCUT2D eigenvalue weighted by atomic mass is 10.1. The van der Waals surface area contributed by atoms with Crippen LogP contribution in [0.15, 0.2) is 47.8 Å². The number of aryl methyl sites for hydroxylation is 1. The molecule has 2 aromatic carbocycles. The van der Waals surface area contributed by atoms with Crippen molar-refractivity contribution in [3.8, 4) is 5.75 Å². The molecule has 1 heterocycles. The summed E-state index contributed by atoms with van der Waals surface area (Å²) in [6, 6.07) is 12.8. The van der Waals surface area contributed by atoms with Gasteiger partial charge in [0.15, 0.2) is 0 Å². The highest BCUT2D eigenvalue weighted by molar-refractivity contribution is 7.12. The van der Waals surface area contributed by atoms with Crippen molar-refractivity contribution < 1.29 is 9.53 Å². The summed E-state index contributed by atoms with van der Waals surface area (Å²) in [6.45, 7) is 4.51. The second-order valence-corrected chi connectivity index (χ2v) is 7.61. The molecule has 3 nitrogen and oxygen atoms in total. The largest absolute Gasteiger partial charge is 0.489 e. The molecule has 0 bridgehead atoms. The summed E-state index contributed by atoms with van der Waals surface area (Å²) >= 11 is 13.2. The molecule has 0 spiro atoms. The molecule has 1 N–H and O–H groups in total. The zero-order chi connectivity index (χ0) is 18.7. The van der Waals surface area contributed by atoms with Gasteiger partial charge in [0.05, 0.1) is 14.9 Å². The van der Waals surface area contributed by atoms with E-state index in [1.165, 1.54) is 16.9 Å². The maximum Gasteiger partial charge on any atom is 0.265 e. The van der Waals surface area contributed by atoms with E-state index in [9.17, 15) is 4.79 Å². The first-order valence-electron chi connectivity index (χ1n) is 7.97. The van der Waals surface area contributed by atoms with Gasteiger partial charge in [-0.2, -0.15) is 0 Å². The number of benzene rings is 2. The lowest BCUT2D eigenvalue weighted by molar-refractivity contribution is 0.103. The Bertz CT molecular complexity index is 953. The monoisotopic (exact) mass is 405 g/mol. The average molecular weight is 406 g/mol. The molecule has 0 aliphatic carbocycles. The van der Waals surface area contributed by atoms with Crippen molar-refractivity contribution in [2.75, 3.05) is 5.32 Å². The van der Waals surface area contributed by atoms with E-state index < -0.39 is 0 Å². The second-order valence-electron chi connectivity index (χ2n) is 5.89. The Labute approximate surface area is 166 Å². The maximum absolute atomic E-state index is 12.4. The van der Waals surface area contributed by atoms with Crippen molar-refractivity contribution in [1.29, 1.82) is 0 Å². The normalized spacial score (nSPS) is 10.6. The molecule has 0 aliphatic heterocycles. The molecule has 0 unspecified atom stereocenters. The molecule has 0 saturated carbocycles. The van der Waals surface area contributed by atoms with E-state index in [-0.39, 0.29) is 5.91 Å². The number of carbonyl (C=O) groups excluding carboxylic acids is 1. The van der Waals surface area contributed by atoms with Gasteiger partial charge in [0.25, 0.3) is 5.91 Å². The minimum atomic E-state index is -0.189. The van der Waals surface area contributed by atoms with Crippen LogP contribution in [-0.4, -0.2) is 5.91 Å². The fraction of sp³-hybridized carbons (Fsp3) is 0.150. The van der Waals surface area contributed by atoms with Crippen LogP contribution in [0.3, 0.4) is 0 Å². The maximum atomic E-state index is 12.4. The molecule has 3 rings (SSSR count). The topological polar surface area (TPSA) is 38.3 Å². The lowest BCUT2D eigenvalue weighted by Gasteiger charge is -2.09. The zero-order valence-corrected chi connectivity index (χ0v) is 16.6. The van der Waals surface area contributed by atoms with Crippen LogP contribution in [0.4, 0.5) is 5.69 Å². The third-order valence-electron chi connectivity index (χ3n) is 4.00. The molecule has 3 aromatic rings. The molecule has 134 valence electrons. The predicted molar refractivity (Wildman–Crippen MR) is 109 cm³/mol. The zero-order valence-electron chi connectivity index (χ0n) is 14.3. The van der Waals surface area contributed by atoms with Gasteiger partial charge in [0.1, 0.15) is 12.4 Å². The van der Waals surface area contributed by atoms with Crippen molar-refractivity contribution in [2.45, 2.75) is 20.5 Å². The molecular formula is C20H17Cl2NO2S. The number of halogens is 2. The summed E-state index contributed by atoms with van der Waals surface area (Å²) < 4.78 is 5.89. The lowest BCUT2D eigenvalue weighted by Crippen LogP contribution is -2.10. The van der Waals surface area contributed by atoms with Gasteiger partial charge >= 0.3 is 0 Å². The van der Waals surface area contributed by atoms with Gasteiger partial charge < -0.3 is 10.1 Å². The first kappa shape index (κ1) is 18.8. The standard InChI is InChI=1S/C20H17Cl2NO2S/c1-12-4-3-5-18(13(12)2)25-10-14-8-19(26-11-14)20(24)23-15-6-7-16(21)17(22)9-15/h3-9,11H,10H2,1-2H3,(H,23,24). The average Bonchev–Trinajstić information content (AvgIpc) is 3.09. The smallest absolute Gasteiger partial charge is 0.265 e. The number of anilines is 1. The number of hydrogen-bond donors (Lipinski definition) is 1. The van der Waals surface area contributed by atoms with E-state index in [0.29, 0.717) is 27.2 Å². The Balaban J connectivity index is 1.64. The molecule has 1 aromatic heterocycles. The van der Waals surface area contributed by atoms with E-state index in [1.54, 1.807) is 18.2 Å².